The fraction of sp³-hybridized carbons (Fsp3) is 0.667. The number of nitriles is 1. The van der Waals surface area contributed by atoms with E-state index in [-0.39, 0.29) is 18.1 Å². The molecule has 1 aromatic heterocycles. The zero-order valence-electron chi connectivity index (χ0n) is 14.4. The molecule has 1 aromatic rings. The summed E-state index contributed by atoms with van der Waals surface area (Å²) in [6.45, 7) is 6.15. The summed E-state index contributed by atoms with van der Waals surface area (Å²) in [6.07, 6.45) is 5.67. The molecule has 0 unspecified atom stereocenters. The highest BCUT2D eigenvalue weighted by molar-refractivity contribution is 7.16. The summed E-state index contributed by atoms with van der Waals surface area (Å²) >= 11 is 1.60. The first-order chi connectivity index (χ1) is 11.6. The lowest BCUT2D eigenvalue weighted by atomic mass is 10.1. The number of morpholine rings is 1. The van der Waals surface area contributed by atoms with Gasteiger partial charge in [0.1, 0.15) is 11.1 Å². The largest absolute Gasteiger partial charge is 0.376 e. The Bertz CT molecular complexity index is 649. The Morgan fingerprint density at radius 2 is 2.21 bits per heavy atom. The van der Waals surface area contributed by atoms with Gasteiger partial charge in [-0.05, 0) is 45.1 Å². The third-order valence-corrected chi connectivity index (χ3v) is 6.18. The summed E-state index contributed by atoms with van der Waals surface area (Å²) < 4.78 is 5.55. The summed E-state index contributed by atoms with van der Waals surface area (Å²) in [5.74, 6) is -0.0305. The van der Waals surface area contributed by atoms with E-state index in [1.807, 2.05) is 13.8 Å². The molecule has 1 saturated heterocycles. The van der Waals surface area contributed by atoms with Gasteiger partial charge < -0.3 is 10.1 Å². The van der Waals surface area contributed by atoms with Crippen LogP contribution in [0.15, 0.2) is 0 Å². The van der Waals surface area contributed by atoms with Crippen molar-refractivity contribution in [2.24, 2.45) is 0 Å². The first kappa shape index (κ1) is 17.4. The Labute approximate surface area is 147 Å². The molecule has 130 valence electrons. The number of anilines is 1. The molecular weight excluding hydrogens is 322 g/mol. The molecule has 1 aliphatic carbocycles. The van der Waals surface area contributed by atoms with Crippen LogP contribution in [0, 0.1) is 11.3 Å². The number of amides is 1. The number of hydrogen-bond donors (Lipinski definition) is 1. The van der Waals surface area contributed by atoms with Crippen molar-refractivity contribution in [2.75, 3.05) is 25.0 Å². The summed E-state index contributed by atoms with van der Waals surface area (Å²) in [7, 11) is 0. The molecule has 1 N–H and O–H groups in total. The van der Waals surface area contributed by atoms with Crippen LogP contribution in [0.2, 0.25) is 0 Å². The number of ether oxygens (including phenoxy) is 1. The van der Waals surface area contributed by atoms with E-state index in [0.717, 1.165) is 37.4 Å². The number of thiophene rings is 1. The Hall–Kier alpha value is -1.42. The van der Waals surface area contributed by atoms with Gasteiger partial charge in [0.25, 0.3) is 0 Å². The predicted molar refractivity (Wildman–Crippen MR) is 95.4 cm³/mol. The van der Waals surface area contributed by atoms with E-state index in [0.29, 0.717) is 12.2 Å². The lowest BCUT2D eigenvalue weighted by Crippen LogP contribution is -2.50. The average Bonchev–Trinajstić information content (AvgIpc) is 2.74. The monoisotopic (exact) mass is 347 g/mol. The van der Waals surface area contributed by atoms with E-state index in [2.05, 4.69) is 16.3 Å². The van der Waals surface area contributed by atoms with E-state index >= 15 is 0 Å². The van der Waals surface area contributed by atoms with E-state index in [9.17, 15) is 10.1 Å². The number of nitrogens with one attached hydrogen (secondary N) is 1. The summed E-state index contributed by atoms with van der Waals surface area (Å²) in [5.41, 5.74) is 1.86. The Balaban J connectivity index is 1.73. The number of carbonyl (C=O) groups is 1. The molecule has 5 nitrogen and oxygen atoms in total. The van der Waals surface area contributed by atoms with Gasteiger partial charge in [0.2, 0.25) is 5.91 Å². The van der Waals surface area contributed by atoms with Crippen molar-refractivity contribution in [1.29, 1.82) is 5.26 Å². The van der Waals surface area contributed by atoms with Crippen LogP contribution < -0.4 is 5.32 Å². The highest BCUT2D eigenvalue weighted by Crippen LogP contribution is 2.37. The summed E-state index contributed by atoms with van der Waals surface area (Å²) in [4.78, 5) is 16.1. The first-order valence-electron chi connectivity index (χ1n) is 8.81. The van der Waals surface area contributed by atoms with Crippen LogP contribution in [0.4, 0.5) is 5.00 Å². The molecule has 1 amide bonds. The molecule has 0 radical (unpaired) electrons. The Morgan fingerprint density at radius 3 is 2.96 bits per heavy atom. The van der Waals surface area contributed by atoms with Gasteiger partial charge in [-0.15, -0.1) is 11.3 Å². The van der Waals surface area contributed by atoms with Gasteiger partial charge in [-0.1, -0.05) is 6.42 Å². The quantitative estimate of drug-likeness (QED) is 0.854. The molecule has 24 heavy (non-hydrogen) atoms. The maximum atomic E-state index is 12.7. The number of rotatable bonds is 3. The van der Waals surface area contributed by atoms with Crippen molar-refractivity contribution < 1.29 is 9.53 Å². The Morgan fingerprint density at radius 1 is 1.42 bits per heavy atom. The van der Waals surface area contributed by atoms with Crippen LogP contribution in [-0.4, -0.2) is 42.6 Å². The van der Waals surface area contributed by atoms with Gasteiger partial charge >= 0.3 is 0 Å². The minimum Gasteiger partial charge on any atom is -0.376 e. The first-order valence-corrected chi connectivity index (χ1v) is 9.63. The lowest BCUT2D eigenvalue weighted by molar-refractivity contribution is -0.123. The fourth-order valence-corrected chi connectivity index (χ4v) is 4.77. The smallest absolute Gasteiger partial charge is 0.242 e. The zero-order valence-corrected chi connectivity index (χ0v) is 15.2. The third kappa shape index (κ3) is 3.64. The molecule has 0 aromatic carbocycles. The molecule has 6 heteroatoms. The normalized spacial score (nSPS) is 23.0. The zero-order chi connectivity index (χ0) is 17.1. The van der Waals surface area contributed by atoms with Gasteiger partial charge in [-0.2, -0.15) is 5.26 Å². The highest BCUT2D eigenvalue weighted by Gasteiger charge is 2.28. The van der Waals surface area contributed by atoms with Crippen LogP contribution in [0.3, 0.4) is 0 Å². The number of carbonyl (C=O) groups excluding carboxylic acids is 1. The minimum absolute atomic E-state index is 0.0305. The van der Waals surface area contributed by atoms with Crippen molar-refractivity contribution >= 4 is 22.2 Å². The standard InChI is InChI=1S/C18H25N3O2S/c1-12-11-21(8-9-23-12)13(2)17(22)20-18-15(10-19)14-6-4-3-5-7-16(14)24-18/h12-13H,3-9,11H2,1-2H3,(H,20,22)/t12-,13-/m0/s1. The molecule has 0 saturated carbocycles. The number of hydrogen-bond acceptors (Lipinski definition) is 5. The van der Waals surface area contributed by atoms with Gasteiger partial charge in [-0.3, -0.25) is 9.69 Å². The average molecular weight is 347 g/mol. The van der Waals surface area contributed by atoms with Gasteiger partial charge in [0.15, 0.2) is 0 Å². The third-order valence-electron chi connectivity index (χ3n) is 4.97. The fourth-order valence-electron chi connectivity index (χ4n) is 3.53. The summed E-state index contributed by atoms with van der Waals surface area (Å²) in [6, 6.07) is 2.11. The van der Waals surface area contributed by atoms with Crippen LogP contribution in [0.5, 0.6) is 0 Å². The van der Waals surface area contributed by atoms with Crippen molar-refractivity contribution in [1.82, 2.24) is 4.90 Å². The molecule has 0 spiro atoms. The summed E-state index contributed by atoms with van der Waals surface area (Å²) in [5, 5.41) is 13.3. The number of fused-ring (bicyclic) bond motifs is 1. The van der Waals surface area contributed by atoms with Gasteiger partial charge in [-0.25, -0.2) is 0 Å². The number of aryl methyl sites for hydroxylation is 1. The van der Waals surface area contributed by atoms with E-state index in [1.54, 1.807) is 11.3 Å². The Kier molecular flexibility index (Phi) is 5.54. The van der Waals surface area contributed by atoms with Crippen molar-refractivity contribution in [3.63, 3.8) is 0 Å². The highest BCUT2D eigenvalue weighted by atomic mass is 32.1. The maximum absolute atomic E-state index is 12.7. The molecule has 1 fully saturated rings. The lowest BCUT2D eigenvalue weighted by Gasteiger charge is -2.34. The van der Waals surface area contributed by atoms with Crippen molar-refractivity contribution in [3.8, 4) is 6.07 Å². The minimum atomic E-state index is -0.218. The second-order valence-electron chi connectivity index (χ2n) is 6.72. The van der Waals surface area contributed by atoms with E-state index < -0.39 is 0 Å². The predicted octanol–water partition coefficient (Wildman–Crippen LogP) is 2.94. The molecular formula is C18H25N3O2S. The van der Waals surface area contributed by atoms with Crippen molar-refractivity contribution in [2.45, 2.75) is 58.1 Å². The van der Waals surface area contributed by atoms with Crippen molar-refractivity contribution in [3.05, 3.63) is 16.0 Å². The topological polar surface area (TPSA) is 65.4 Å². The molecule has 2 heterocycles. The molecule has 2 aliphatic rings. The second kappa shape index (κ2) is 7.64. The maximum Gasteiger partial charge on any atom is 0.242 e. The number of nitrogens with zero attached hydrogens (tertiary/aromatic N) is 2. The molecule has 0 bridgehead atoms. The van der Waals surface area contributed by atoms with Crippen LogP contribution in [-0.2, 0) is 22.4 Å². The van der Waals surface area contributed by atoms with Gasteiger partial charge in [0, 0.05) is 18.0 Å². The molecule has 2 atom stereocenters. The van der Waals surface area contributed by atoms with E-state index in [4.69, 9.17) is 4.74 Å². The van der Waals surface area contributed by atoms with Gasteiger partial charge in [0.05, 0.1) is 24.3 Å². The molecule has 3 rings (SSSR count). The van der Waals surface area contributed by atoms with Crippen LogP contribution >= 0.6 is 11.3 Å². The molecule has 1 aliphatic heterocycles. The van der Waals surface area contributed by atoms with Crippen LogP contribution in [0.25, 0.3) is 0 Å². The SMILES string of the molecule is C[C@H]1CN([C@@H](C)C(=O)Nc2sc3c(c2C#N)CCCCC3)CCO1. The second-order valence-corrected chi connectivity index (χ2v) is 7.83. The van der Waals surface area contributed by atoms with Crippen LogP contribution in [0.1, 0.15) is 49.1 Å². The van der Waals surface area contributed by atoms with E-state index in [1.165, 1.54) is 23.3 Å².